The van der Waals surface area contributed by atoms with Crippen LogP contribution in [-0.4, -0.2) is 5.92 Å². The van der Waals surface area contributed by atoms with Crippen molar-refractivity contribution in [3.8, 4) is 17.2 Å². The second kappa shape index (κ2) is 5.61. The van der Waals surface area contributed by atoms with Gasteiger partial charge in [-0.3, -0.25) is 0 Å². The predicted octanol–water partition coefficient (Wildman–Crippen LogP) is 4.87. The normalized spacial score (nSPS) is 11.2. The van der Waals surface area contributed by atoms with Crippen molar-refractivity contribution in [3.05, 3.63) is 58.9 Å². The number of hydrogen-bond donors (Lipinski definition) is 0. The number of benzene rings is 2. The first-order valence-electron chi connectivity index (χ1n) is 6.48. The summed E-state index contributed by atoms with van der Waals surface area (Å²) in [6.45, 7) is 2.34. The van der Waals surface area contributed by atoms with Gasteiger partial charge in [-0.1, -0.05) is 24.3 Å². The van der Waals surface area contributed by atoms with Gasteiger partial charge in [0.15, 0.2) is 0 Å². The van der Waals surface area contributed by atoms with Gasteiger partial charge in [0.2, 0.25) is 5.92 Å². The van der Waals surface area contributed by atoms with Gasteiger partial charge in [0.1, 0.15) is 5.82 Å². The summed E-state index contributed by atoms with van der Waals surface area (Å²) in [5.74, 6) is -3.54. The number of alkyl halides is 2. The van der Waals surface area contributed by atoms with Crippen LogP contribution in [0.1, 0.15) is 23.6 Å². The minimum absolute atomic E-state index is 0.0115. The highest BCUT2D eigenvalue weighted by Gasteiger charge is 2.24. The Bertz CT molecular complexity index is 692. The Labute approximate surface area is 121 Å². The van der Waals surface area contributed by atoms with E-state index in [1.807, 2.05) is 6.07 Å². The van der Waals surface area contributed by atoms with Crippen molar-refractivity contribution in [3.63, 3.8) is 0 Å². The number of hydrogen-bond acceptors (Lipinski definition) is 1. The van der Waals surface area contributed by atoms with E-state index in [2.05, 4.69) is 0 Å². The van der Waals surface area contributed by atoms with Crippen LogP contribution in [0.4, 0.5) is 13.2 Å². The Morgan fingerprint density at radius 1 is 1.10 bits per heavy atom. The molecule has 0 spiro atoms. The summed E-state index contributed by atoms with van der Waals surface area (Å²) in [5, 5.41) is 8.76. The van der Waals surface area contributed by atoms with Crippen LogP contribution in [0.25, 0.3) is 11.1 Å². The minimum Gasteiger partial charge on any atom is -0.207 e. The van der Waals surface area contributed by atoms with Gasteiger partial charge < -0.3 is 0 Å². The zero-order valence-electron chi connectivity index (χ0n) is 11.8. The van der Waals surface area contributed by atoms with Gasteiger partial charge in [-0.25, -0.2) is 13.2 Å². The summed E-state index contributed by atoms with van der Waals surface area (Å²) in [7, 11) is 0. The van der Waals surface area contributed by atoms with E-state index in [9.17, 15) is 13.2 Å². The monoisotopic (exact) mass is 289 g/mol. The second-order valence-electron chi connectivity index (χ2n) is 5.15. The molecular formula is C17H14F3N. The van der Waals surface area contributed by atoms with Crippen LogP contribution in [0.3, 0.4) is 0 Å². The lowest BCUT2D eigenvalue weighted by atomic mass is 9.95. The molecule has 0 aliphatic carbocycles. The standard InChI is InChI=1S/C17H14F3N/c1-11-15(13-5-3-12(10-21)4-6-13)8-7-14(16(11)18)9-17(2,19)20/h3-8H,9H2,1-2H3. The topological polar surface area (TPSA) is 23.8 Å². The molecule has 0 saturated carbocycles. The lowest BCUT2D eigenvalue weighted by molar-refractivity contribution is 0.0217. The van der Waals surface area contributed by atoms with E-state index in [0.717, 1.165) is 12.5 Å². The van der Waals surface area contributed by atoms with Gasteiger partial charge in [0.25, 0.3) is 0 Å². The van der Waals surface area contributed by atoms with Crippen LogP contribution in [0.5, 0.6) is 0 Å². The minimum atomic E-state index is -2.94. The van der Waals surface area contributed by atoms with E-state index in [1.165, 1.54) is 6.07 Å². The third-order valence-electron chi connectivity index (χ3n) is 3.29. The van der Waals surface area contributed by atoms with Crippen molar-refractivity contribution in [2.75, 3.05) is 0 Å². The Hall–Kier alpha value is -2.28. The molecule has 0 radical (unpaired) electrons. The largest absolute Gasteiger partial charge is 0.249 e. The molecule has 0 N–H and O–H groups in total. The van der Waals surface area contributed by atoms with Crippen LogP contribution >= 0.6 is 0 Å². The first-order valence-corrected chi connectivity index (χ1v) is 6.48. The third kappa shape index (κ3) is 3.43. The molecule has 0 amide bonds. The average Bonchev–Trinajstić information content (AvgIpc) is 2.43. The highest BCUT2D eigenvalue weighted by atomic mass is 19.3. The highest BCUT2D eigenvalue weighted by molar-refractivity contribution is 5.68. The van der Waals surface area contributed by atoms with Crippen molar-refractivity contribution in [1.82, 2.24) is 0 Å². The average molecular weight is 289 g/mol. The van der Waals surface area contributed by atoms with E-state index in [-0.39, 0.29) is 5.56 Å². The molecule has 0 saturated heterocycles. The summed E-state index contributed by atoms with van der Waals surface area (Å²) in [6.07, 6.45) is -0.618. The molecule has 2 rings (SSSR count). The quantitative estimate of drug-likeness (QED) is 0.790. The molecule has 0 aromatic heterocycles. The van der Waals surface area contributed by atoms with Crippen LogP contribution in [0, 0.1) is 24.1 Å². The van der Waals surface area contributed by atoms with Gasteiger partial charge >= 0.3 is 0 Å². The van der Waals surface area contributed by atoms with Gasteiger partial charge in [0.05, 0.1) is 11.6 Å². The van der Waals surface area contributed by atoms with Gasteiger partial charge in [-0.2, -0.15) is 5.26 Å². The summed E-state index contributed by atoms with van der Waals surface area (Å²) in [4.78, 5) is 0. The van der Waals surface area contributed by atoms with Crippen molar-refractivity contribution >= 4 is 0 Å². The molecule has 0 aliphatic heterocycles. The fraction of sp³-hybridized carbons (Fsp3) is 0.235. The smallest absolute Gasteiger partial charge is 0.207 e. The Morgan fingerprint density at radius 2 is 1.71 bits per heavy atom. The van der Waals surface area contributed by atoms with Crippen LogP contribution in [-0.2, 0) is 6.42 Å². The fourth-order valence-electron chi connectivity index (χ4n) is 2.25. The summed E-state index contributed by atoms with van der Waals surface area (Å²) in [6, 6.07) is 11.8. The molecule has 2 aromatic carbocycles. The van der Waals surface area contributed by atoms with Crippen LogP contribution in [0.15, 0.2) is 36.4 Å². The molecule has 21 heavy (non-hydrogen) atoms. The maximum absolute atomic E-state index is 14.2. The van der Waals surface area contributed by atoms with E-state index >= 15 is 0 Å². The van der Waals surface area contributed by atoms with Crippen molar-refractivity contribution < 1.29 is 13.2 Å². The molecule has 0 atom stereocenters. The molecule has 2 aromatic rings. The van der Waals surface area contributed by atoms with Gasteiger partial charge in [0, 0.05) is 6.42 Å². The van der Waals surface area contributed by atoms with E-state index in [1.54, 1.807) is 37.3 Å². The van der Waals surface area contributed by atoms with Crippen molar-refractivity contribution in [1.29, 1.82) is 5.26 Å². The number of rotatable bonds is 3. The molecule has 0 aliphatic rings. The second-order valence-corrected chi connectivity index (χ2v) is 5.15. The molecule has 1 nitrogen and oxygen atoms in total. The highest BCUT2D eigenvalue weighted by Crippen LogP contribution is 2.29. The maximum Gasteiger partial charge on any atom is 0.249 e. The van der Waals surface area contributed by atoms with Crippen LogP contribution in [0.2, 0.25) is 0 Å². The lowest BCUT2D eigenvalue weighted by Gasteiger charge is -2.14. The molecule has 0 unspecified atom stereocenters. The molecule has 4 heteroatoms. The molecular weight excluding hydrogens is 275 g/mol. The Balaban J connectivity index is 2.42. The van der Waals surface area contributed by atoms with E-state index in [0.29, 0.717) is 16.7 Å². The Morgan fingerprint density at radius 3 is 2.24 bits per heavy atom. The Kier molecular flexibility index (Phi) is 4.04. The predicted molar refractivity (Wildman–Crippen MR) is 75.6 cm³/mol. The van der Waals surface area contributed by atoms with E-state index < -0.39 is 18.2 Å². The van der Waals surface area contributed by atoms with Crippen LogP contribution < -0.4 is 0 Å². The number of nitrogens with zero attached hydrogens (tertiary/aromatic N) is 1. The van der Waals surface area contributed by atoms with Crippen molar-refractivity contribution in [2.45, 2.75) is 26.2 Å². The third-order valence-corrected chi connectivity index (χ3v) is 3.29. The molecule has 0 bridgehead atoms. The summed E-state index contributed by atoms with van der Waals surface area (Å²) < 4.78 is 40.3. The molecule has 0 fully saturated rings. The van der Waals surface area contributed by atoms with Gasteiger partial charge in [-0.05, 0) is 48.2 Å². The van der Waals surface area contributed by atoms with E-state index in [4.69, 9.17) is 5.26 Å². The number of halogens is 3. The van der Waals surface area contributed by atoms with Crippen molar-refractivity contribution in [2.24, 2.45) is 0 Å². The SMILES string of the molecule is Cc1c(-c2ccc(C#N)cc2)ccc(CC(C)(F)F)c1F. The molecule has 0 heterocycles. The summed E-state index contributed by atoms with van der Waals surface area (Å²) >= 11 is 0. The zero-order valence-corrected chi connectivity index (χ0v) is 11.8. The molecule has 108 valence electrons. The number of nitriles is 1. The first kappa shape index (κ1) is 15.1. The lowest BCUT2D eigenvalue weighted by Crippen LogP contribution is -2.15. The summed E-state index contributed by atoms with van der Waals surface area (Å²) in [5.41, 5.74) is 2.25. The van der Waals surface area contributed by atoms with Gasteiger partial charge in [-0.15, -0.1) is 0 Å². The zero-order chi connectivity index (χ0) is 15.6. The fourth-order valence-corrected chi connectivity index (χ4v) is 2.25. The maximum atomic E-state index is 14.2. The first-order chi connectivity index (χ1) is 9.81.